The molecule has 2 heterocycles. The standard InChI is InChI=1S/C25H26N2O3S/c1-17-11-12-27(15-18-3-7-22(31-2)8-4-18)24(17)14-20(28)16-30-21-6-9-23-19(13-21)5-10-25(29)26-23/h3-13,20,28H,14-16H2,1-2H3,(H,26,29). The number of pyridine rings is 1. The van der Waals surface area contributed by atoms with Crippen LogP contribution in [0.25, 0.3) is 10.9 Å². The summed E-state index contributed by atoms with van der Waals surface area (Å²) in [5.41, 5.74) is 4.14. The fourth-order valence-corrected chi connectivity index (χ4v) is 4.07. The third kappa shape index (κ3) is 5.21. The van der Waals surface area contributed by atoms with Crippen molar-refractivity contribution in [3.63, 3.8) is 0 Å². The van der Waals surface area contributed by atoms with Crippen molar-refractivity contribution >= 4 is 22.7 Å². The van der Waals surface area contributed by atoms with Crippen molar-refractivity contribution < 1.29 is 9.84 Å². The van der Waals surface area contributed by atoms with Gasteiger partial charge in [0.2, 0.25) is 5.56 Å². The van der Waals surface area contributed by atoms with Crippen molar-refractivity contribution in [1.82, 2.24) is 9.55 Å². The number of H-pyrrole nitrogens is 1. The first-order valence-electron chi connectivity index (χ1n) is 10.2. The molecule has 0 aliphatic heterocycles. The van der Waals surface area contributed by atoms with Gasteiger partial charge in [-0.25, -0.2) is 0 Å². The molecule has 0 spiro atoms. The van der Waals surface area contributed by atoms with Crippen molar-refractivity contribution in [3.05, 3.63) is 94.0 Å². The van der Waals surface area contributed by atoms with E-state index in [9.17, 15) is 9.90 Å². The highest BCUT2D eigenvalue weighted by Crippen LogP contribution is 2.20. The van der Waals surface area contributed by atoms with E-state index < -0.39 is 6.10 Å². The van der Waals surface area contributed by atoms with E-state index >= 15 is 0 Å². The number of benzene rings is 2. The molecule has 4 rings (SSSR count). The van der Waals surface area contributed by atoms with Gasteiger partial charge < -0.3 is 19.4 Å². The second-order valence-electron chi connectivity index (χ2n) is 7.66. The molecule has 6 heteroatoms. The van der Waals surface area contributed by atoms with Gasteiger partial charge in [0.15, 0.2) is 0 Å². The fraction of sp³-hybridized carbons (Fsp3) is 0.240. The normalized spacial score (nSPS) is 12.2. The first kappa shape index (κ1) is 21.3. The maximum Gasteiger partial charge on any atom is 0.248 e. The molecule has 4 aromatic rings. The van der Waals surface area contributed by atoms with Crippen LogP contribution in [0.4, 0.5) is 0 Å². The Morgan fingerprint density at radius 1 is 1.10 bits per heavy atom. The minimum absolute atomic E-state index is 0.129. The number of aryl methyl sites for hydroxylation is 1. The molecule has 0 saturated heterocycles. The molecular formula is C25H26N2O3S. The number of thioether (sulfide) groups is 1. The highest BCUT2D eigenvalue weighted by atomic mass is 32.2. The molecule has 1 unspecified atom stereocenters. The van der Waals surface area contributed by atoms with Crippen LogP contribution >= 0.6 is 11.8 Å². The molecular weight excluding hydrogens is 408 g/mol. The summed E-state index contributed by atoms with van der Waals surface area (Å²) in [5.74, 6) is 0.666. The Morgan fingerprint density at radius 3 is 2.68 bits per heavy atom. The Balaban J connectivity index is 1.40. The second-order valence-corrected chi connectivity index (χ2v) is 8.54. The zero-order chi connectivity index (χ0) is 21.8. The molecule has 0 fully saturated rings. The monoisotopic (exact) mass is 434 g/mol. The lowest BCUT2D eigenvalue weighted by Crippen LogP contribution is -2.22. The largest absolute Gasteiger partial charge is 0.491 e. The Morgan fingerprint density at radius 2 is 1.90 bits per heavy atom. The third-order valence-corrected chi connectivity index (χ3v) is 6.13. The van der Waals surface area contributed by atoms with E-state index in [0.29, 0.717) is 12.2 Å². The van der Waals surface area contributed by atoms with E-state index in [1.54, 1.807) is 23.9 Å². The quantitative estimate of drug-likeness (QED) is 0.404. The summed E-state index contributed by atoms with van der Waals surface area (Å²) < 4.78 is 8.02. The van der Waals surface area contributed by atoms with E-state index in [0.717, 1.165) is 28.7 Å². The zero-order valence-electron chi connectivity index (χ0n) is 17.7. The number of hydrogen-bond donors (Lipinski definition) is 2. The summed E-state index contributed by atoms with van der Waals surface area (Å²) >= 11 is 1.73. The average molecular weight is 435 g/mol. The van der Waals surface area contributed by atoms with Crippen LogP contribution in [0.1, 0.15) is 16.8 Å². The van der Waals surface area contributed by atoms with Crippen LogP contribution in [-0.2, 0) is 13.0 Å². The van der Waals surface area contributed by atoms with E-state index in [-0.39, 0.29) is 12.2 Å². The summed E-state index contributed by atoms with van der Waals surface area (Å²) in [4.78, 5) is 15.4. The average Bonchev–Trinajstić information content (AvgIpc) is 3.11. The molecule has 0 radical (unpaired) electrons. The Hall–Kier alpha value is -2.96. The molecule has 31 heavy (non-hydrogen) atoms. The molecule has 2 aromatic carbocycles. The number of aromatic amines is 1. The lowest BCUT2D eigenvalue weighted by atomic mass is 10.1. The van der Waals surface area contributed by atoms with Gasteiger partial charge in [-0.05, 0) is 66.8 Å². The predicted octanol–water partition coefficient (Wildman–Crippen LogP) is 4.39. The highest BCUT2D eigenvalue weighted by Gasteiger charge is 2.13. The predicted molar refractivity (Wildman–Crippen MR) is 126 cm³/mol. The Labute approximate surface area is 185 Å². The molecule has 0 aliphatic rings. The number of aliphatic hydroxyl groups is 1. The minimum Gasteiger partial charge on any atom is -0.491 e. The first-order valence-corrected chi connectivity index (χ1v) is 11.5. The number of rotatable bonds is 8. The number of nitrogens with zero attached hydrogens (tertiary/aromatic N) is 1. The summed E-state index contributed by atoms with van der Waals surface area (Å²) in [6, 6.07) is 19.4. The topological polar surface area (TPSA) is 67.2 Å². The van der Waals surface area contributed by atoms with Gasteiger partial charge in [0, 0.05) is 46.7 Å². The molecule has 0 aliphatic carbocycles. The summed E-state index contributed by atoms with van der Waals surface area (Å²) in [5, 5.41) is 11.5. The van der Waals surface area contributed by atoms with Gasteiger partial charge in [0.1, 0.15) is 12.4 Å². The van der Waals surface area contributed by atoms with Crippen molar-refractivity contribution in [2.45, 2.75) is 30.9 Å². The number of ether oxygens (including phenoxy) is 1. The number of nitrogens with one attached hydrogen (secondary N) is 1. The molecule has 0 saturated carbocycles. The molecule has 0 bridgehead atoms. The SMILES string of the molecule is CSc1ccc(Cn2ccc(C)c2CC(O)COc2ccc3[nH]c(=O)ccc3c2)cc1. The van der Waals surface area contributed by atoms with Gasteiger partial charge in [-0.1, -0.05) is 12.1 Å². The summed E-state index contributed by atoms with van der Waals surface area (Å²) in [6.45, 7) is 3.04. The van der Waals surface area contributed by atoms with Gasteiger partial charge in [0.05, 0.1) is 6.10 Å². The number of aromatic nitrogens is 2. The van der Waals surface area contributed by atoms with Crippen LogP contribution < -0.4 is 10.3 Å². The molecule has 160 valence electrons. The second kappa shape index (κ2) is 9.45. The minimum atomic E-state index is -0.627. The lowest BCUT2D eigenvalue weighted by molar-refractivity contribution is 0.106. The number of aliphatic hydroxyl groups excluding tert-OH is 1. The van der Waals surface area contributed by atoms with Gasteiger partial charge in [0.25, 0.3) is 0 Å². The molecule has 0 amide bonds. The molecule has 5 nitrogen and oxygen atoms in total. The van der Waals surface area contributed by atoms with E-state index in [4.69, 9.17) is 4.74 Å². The third-order valence-electron chi connectivity index (χ3n) is 5.38. The summed E-state index contributed by atoms with van der Waals surface area (Å²) in [7, 11) is 0. The van der Waals surface area contributed by atoms with E-state index in [2.05, 4.69) is 59.3 Å². The van der Waals surface area contributed by atoms with Gasteiger partial charge in [-0.15, -0.1) is 11.8 Å². The van der Waals surface area contributed by atoms with Crippen molar-refractivity contribution in [2.24, 2.45) is 0 Å². The van der Waals surface area contributed by atoms with Crippen molar-refractivity contribution in [3.8, 4) is 5.75 Å². The van der Waals surface area contributed by atoms with Crippen LogP contribution in [0.3, 0.4) is 0 Å². The van der Waals surface area contributed by atoms with Crippen LogP contribution in [-0.4, -0.2) is 33.6 Å². The van der Waals surface area contributed by atoms with E-state index in [1.165, 1.54) is 16.5 Å². The van der Waals surface area contributed by atoms with Crippen molar-refractivity contribution in [1.29, 1.82) is 0 Å². The maximum atomic E-state index is 11.4. The highest BCUT2D eigenvalue weighted by molar-refractivity contribution is 7.98. The molecule has 1 atom stereocenters. The zero-order valence-corrected chi connectivity index (χ0v) is 18.5. The fourth-order valence-electron chi connectivity index (χ4n) is 3.67. The van der Waals surface area contributed by atoms with Crippen LogP contribution in [0.5, 0.6) is 5.75 Å². The van der Waals surface area contributed by atoms with Gasteiger partial charge in [-0.2, -0.15) is 0 Å². The summed E-state index contributed by atoms with van der Waals surface area (Å²) in [6.07, 6.45) is 4.04. The van der Waals surface area contributed by atoms with Gasteiger partial charge >= 0.3 is 0 Å². The van der Waals surface area contributed by atoms with E-state index in [1.807, 2.05) is 12.1 Å². The van der Waals surface area contributed by atoms with Crippen molar-refractivity contribution in [2.75, 3.05) is 12.9 Å². The molecule has 2 N–H and O–H groups in total. The number of hydrogen-bond acceptors (Lipinski definition) is 4. The van der Waals surface area contributed by atoms with Crippen LogP contribution in [0.2, 0.25) is 0 Å². The maximum absolute atomic E-state index is 11.4. The van der Waals surface area contributed by atoms with Crippen LogP contribution in [0.15, 0.2) is 76.6 Å². The molecule has 2 aromatic heterocycles. The smallest absolute Gasteiger partial charge is 0.248 e. The first-order chi connectivity index (χ1) is 15.0. The lowest BCUT2D eigenvalue weighted by Gasteiger charge is -2.16. The number of fused-ring (bicyclic) bond motifs is 1. The Bertz CT molecular complexity index is 1230. The Kier molecular flexibility index (Phi) is 6.49. The van der Waals surface area contributed by atoms with Crippen LogP contribution in [0, 0.1) is 6.92 Å². The van der Waals surface area contributed by atoms with Gasteiger partial charge in [-0.3, -0.25) is 4.79 Å².